The zero-order chi connectivity index (χ0) is 16.1. The van der Waals surface area contributed by atoms with Crippen LogP contribution >= 0.6 is 0 Å². The molecule has 0 aliphatic carbocycles. The molecular weight excluding hydrogens is 290 g/mol. The number of carbonyl (C=O) groups is 1. The van der Waals surface area contributed by atoms with Gasteiger partial charge in [0.25, 0.3) is 0 Å². The van der Waals surface area contributed by atoms with Crippen molar-refractivity contribution in [3.05, 3.63) is 47.5 Å². The molecule has 0 aromatic heterocycles. The Morgan fingerprint density at radius 1 is 1.13 bits per heavy atom. The number of nitrogens with zero attached hydrogens (tertiary/aromatic N) is 2. The standard InChI is InChI=1S/C18H19N3O2/c1-20-15-10-16-14(8-12(15)9-17(20)22)19-18(21(16)2)11-4-6-13(23-3)7-5-11/h4-8,10,18-19H,9H2,1-3H3. The highest BCUT2D eigenvalue weighted by molar-refractivity contribution is 6.03. The van der Waals surface area contributed by atoms with E-state index in [0.717, 1.165) is 28.4 Å². The van der Waals surface area contributed by atoms with Crippen molar-refractivity contribution in [3.8, 4) is 5.75 Å². The van der Waals surface area contributed by atoms with Gasteiger partial charge in [0.1, 0.15) is 11.9 Å². The molecule has 0 radical (unpaired) electrons. The van der Waals surface area contributed by atoms with Gasteiger partial charge in [0.05, 0.1) is 24.9 Å². The van der Waals surface area contributed by atoms with Crippen molar-refractivity contribution in [3.63, 3.8) is 0 Å². The second-order valence-electron chi connectivity index (χ2n) is 6.06. The Labute approximate surface area is 135 Å². The molecule has 0 saturated heterocycles. The number of hydrogen-bond acceptors (Lipinski definition) is 4. The van der Waals surface area contributed by atoms with Crippen LogP contribution in [0.1, 0.15) is 17.3 Å². The quantitative estimate of drug-likeness (QED) is 0.926. The molecule has 0 bridgehead atoms. The smallest absolute Gasteiger partial charge is 0.231 e. The third kappa shape index (κ3) is 2.04. The van der Waals surface area contributed by atoms with E-state index in [9.17, 15) is 4.79 Å². The van der Waals surface area contributed by atoms with Crippen LogP contribution in [-0.4, -0.2) is 27.1 Å². The molecule has 4 rings (SSSR count). The Hall–Kier alpha value is -2.69. The lowest BCUT2D eigenvalue weighted by atomic mass is 10.1. The maximum atomic E-state index is 11.9. The molecule has 118 valence electrons. The molecule has 2 aliphatic heterocycles. The Balaban J connectivity index is 1.68. The van der Waals surface area contributed by atoms with Crippen LogP contribution in [0.2, 0.25) is 0 Å². The summed E-state index contributed by atoms with van der Waals surface area (Å²) in [4.78, 5) is 15.8. The minimum atomic E-state index is 0.0828. The summed E-state index contributed by atoms with van der Waals surface area (Å²) in [6.07, 6.45) is 0.567. The molecule has 0 fully saturated rings. The molecule has 0 spiro atoms. The molecule has 1 atom stereocenters. The maximum absolute atomic E-state index is 11.9. The van der Waals surface area contributed by atoms with E-state index in [0.29, 0.717) is 6.42 Å². The van der Waals surface area contributed by atoms with Crippen molar-refractivity contribution < 1.29 is 9.53 Å². The molecule has 2 aromatic rings. The Bertz CT molecular complexity index is 786. The highest BCUT2D eigenvalue weighted by Crippen LogP contribution is 2.45. The van der Waals surface area contributed by atoms with Crippen molar-refractivity contribution in [2.75, 3.05) is 36.3 Å². The molecule has 1 unspecified atom stereocenters. The molecule has 5 nitrogen and oxygen atoms in total. The largest absolute Gasteiger partial charge is 0.497 e. The Morgan fingerprint density at radius 2 is 1.87 bits per heavy atom. The molecule has 2 aromatic carbocycles. The summed E-state index contributed by atoms with van der Waals surface area (Å²) < 4.78 is 5.22. The highest BCUT2D eigenvalue weighted by atomic mass is 16.5. The molecular formula is C18H19N3O2. The average molecular weight is 309 g/mol. The van der Waals surface area contributed by atoms with Gasteiger partial charge in [-0.3, -0.25) is 4.79 Å². The van der Waals surface area contributed by atoms with Crippen molar-refractivity contribution in [1.29, 1.82) is 0 Å². The van der Waals surface area contributed by atoms with Gasteiger partial charge >= 0.3 is 0 Å². The van der Waals surface area contributed by atoms with E-state index < -0.39 is 0 Å². The van der Waals surface area contributed by atoms with Crippen LogP contribution < -0.4 is 19.9 Å². The van der Waals surface area contributed by atoms with E-state index in [2.05, 4.69) is 41.5 Å². The lowest BCUT2D eigenvalue weighted by molar-refractivity contribution is -0.117. The average Bonchev–Trinajstić information content (AvgIpc) is 3.03. The number of hydrogen-bond donors (Lipinski definition) is 1. The van der Waals surface area contributed by atoms with E-state index in [4.69, 9.17) is 4.74 Å². The topological polar surface area (TPSA) is 44.8 Å². The predicted molar refractivity (Wildman–Crippen MR) is 91.3 cm³/mol. The monoisotopic (exact) mass is 309 g/mol. The van der Waals surface area contributed by atoms with Crippen LogP contribution in [0.5, 0.6) is 5.75 Å². The normalized spacial score (nSPS) is 18.7. The fraction of sp³-hybridized carbons (Fsp3) is 0.278. The third-order valence-corrected chi connectivity index (χ3v) is 4.77. The lowest BCUT2D eigenvalue weighted by Gasteiger charge is -2.23. The van der Waals surface area contributed by atoms with E-state index in [1.807, 2.05) is 19.2 Å². The number of ether oxygens (including phenoxy) is 1. The number of benzene rings is 2. The minimum Gasteiger partial charge on any atom is -0.497 e. The molecule has 1 N–H and O–H groups in total. The first kappa shape index (κ1) is 13.9. The first-order chi connectivity index (χ1) is 11.1. The van der Waals surface area contributed by atoms with Gasteiger partial charge in [0.2, 0.25) is 5.91 Å². The third-order valence-electron chi connectivity index (χ3n) is 4.77. The van der Waals surface area contributed by atoms with E-state index in [1.165, 1.54) is 5.56 Å². The number of anilines is 3. The number of likely N-dealkylation sites (N-methyl/N-ethyl adjacent to an activating group) is 1. The second kappa shape index (κ2) is 4.91. The van der Waals surface area contributed by atoms with Crippen LogP contribution in [0, 0.1) is 0 Å². The molecule has 2 heterocycles. The fourth-order valence-electron chi connectivity index (χ4n) is 3.38. The summed E-state index contributed by atoms with van der Waals surface area (Å²) in [5.41, 5.74) is 5.47. The zero-order valence-electron chi connectivity index (χ0n) is 13.5. The summed E-state index contributed by atoms with van der Waals surface area (Å²) in [7, 11) is 5.57. The van der Waals surface area contributed by atoms with Crippen molar-refractivity contribution in [2.45, 2.75) is 12.6 Å². The number of carbonyl (C=O) groups excluding carboxylic acids is 1. The second-order valence-corrected chi connectivity index (χ2v) is 6.06. The van der Waals surface area contributed by atoms with Crippen LogP contribution in [0.15, 0.2) is 36.4 Å². The van der Waals surface area contributed by atoms with Crippen LogP contribution in [0.25, 0.3) is 0 Å². The zero-order valence-corrected chi connectivity index (χ0v) is 13.5. The van der Waals surface area contributed by atoms with Gasteiger partial charge in [-0.25, -0.2) is 0 Å². The number of methoxy groups -OCH3 is 1. The van der Waals surface area contributed by atoms with Gasteiger partial charge in [-0.15, -0.1) is 0 Å². The molecule has 5 heteroatoms. The first-order valence-corrected chi connectivity index (χ1v) is 7.65. The maximum Gasteiger partial charge on any atom is 0.231 e. The van der Waals surface area contributed by atoms with Gasteiger partial charge in [-0.2, -0.15) is 0 Å². The summed E-state index contributed by atoms with van der Waals surface area (Å²) in [6.45, 7) is 0. The van der Waals surface area contributed by atoms with Gasteiger partial charge < -0.3 is 19.9 Å². The summed E-state index contributed by atoms with van der Waals surface area (Å²) in [5.74, 6) is 1.00. The van der Waals surface area contributed by atoms with Gasteiger partial charge in [-0.05, 0) is 35.4 Å². The predicted octanol–water partition coefficient (Wildman–Crippen LogP) is 2.77. The minimum absolute atomic E-state index is 0.0828. The number of nitrogens with one attached hydrogen (secondary N) is 1. The number of fused-ring (bicyclic) bond motifs is 2. The van der Waals surface area contributed by atoms with E-state index >= 15 is 0 Å². The first-order valence-electron chi connectivity index (χ1n) is 7.65. The van der Waals surface area contributed by atoms with Crippen molar-refractivity contribution in [1.82, 2.24) is 0 Å². The molecule has 0 saturated carbocycles. The number of amides is 1. The van der Waals surface area contributed by atoms with E-state index in [1.54, 1.807) is 12.0 Å². The fourth-order valence-corrected chi connectivity index (χ4v) is 3.38. The van der Waals surface area contributed by atoms with Gasteiger partial charge in [0, 0.05) is 19.8 Å². The van der Waals surface area contributed by atoms with E-state index in [-0.39, 0.29) is 12.1 Å². The van der Waals surface area contributed by atoms with Crippen LogP contribution in [-0.2, 0) is 11.2 Å². The van der Waals surface area contributed by atoms with Crippen molar-refractivity contribution in [2.24, 2.45) is 0 Å². The summed E-state index contributed by atoms with van der Waals surface area (Å²) in [5, 5.41) is 3.55. The molecule has 23 heavy (non-hydrogen) atoms. The lowest BCUT2D eigenvalue weighted by Crippen LogP contribution is -2.24. The molecule has 2 aliphatic rings. The van der Waals surface area contributed by atoms with Crippen molar-refractivity contribution >= 4 is 23.0 Å². The number of rotatable bonds is 2. The SMILES string of the molecule is COc1ccc(C2Nc3cc4c(cc3N2C)N(C)C(=O)C4)cc1. The van der Waals surface area contributed by atoms with Crippen LogP contribution in [0.3, 0.4) is 0 Å². The van der Waals surface area contributed by atoms with Crippen LogP contribution in [0.4, 0.5) is 17.1 Å². The Kier molecular flexibility index (Phi) is 2.98. The highest BCUT2D eigenvalue weighted by Gasteiger charge is 2.32. The van der Waals surface area contributed by atoms with Gasteiger partial charge in [0.15, 0.2) is 0 Å². The summed E-state index contributed by atoms with van der Waals surface area (Å²) >= 11 is 0. The molecule has 1 amide bonds. The Morgan fingerprint density at radius 3 is 2.57 bits per heavy atom. The summed E-state index contributed by atoms with van der Waals surface area (Å²) in [6, 6.07) is 12.3. The van der Waals surface area contributed by atoms with Gasteiger partial charge in [-0.1, -0.05) is 12.1 Å².